The van der Waals surface area contributed by atoms with Crippen LogP contribution in [0.1, 0.15) is 12.8 Å². The zero-order valence-corrected chi connectivity index (χ0v) is 4.87. The van der Waals surface area contributed by atoms with Crippen molar-refractivity contribution >= 4 is 5.97 Å². The summed E-state index contributed by atoms with van der Waals surface area (Å²) in [7, 11) is 0. The molecular formula is C5H9NO3. The van der Waals surface area contributed by atoms with E-state index in [-0.39, 0.29) is 0 Å². The summed E-state index contributed by atoms with van der Waals surface area (Å²) in [5, 5.41) is 19.6. The second-order valence-corrected chi connectivity index (χ2v) is 2.15. The molecule has 3 N–H and O–H groups in total. The quantitative estimate of drug-likeness (QED) is 0.433. The first-order valence-corrected chi connectivity index (χ1v) is 2.87. The number of aliphatic carboxylic acids is 1. The van der Waals surface area contributed by atoms with Gasteiger partial charge in [-0.2, -0.15) is 0 Å². The van der Waals surface area contributed by atoms with Crippen LogP contribution in [0, 0.1) is 0 Å². The van der Waals surface area contributed by atoms with Gasteiger partial charge in [0.25, 0.3) is 0 Å². The lowest BCUT2D eigenvalue weighted by Gasteiger charge is -2.03. The number of carbonyl (C=O) groups is 1. The Morgan fingerprint density at radius 3 is 2.44 bits per heavy atom. The molecule has 0 amide bonds. The molecule has 1 heterocycles. The van der Waals surface area contributed by atoms with Crippen molar-refractivity contribution in [3.63, 3.8) is 0 Å². The number of aliphatic hydroxyl groups is 1. The van der Waals surface area contributed by atoms with Crippen LogP contribution in [-0.2, 0) is 4.79 Å². The number of carboxylic acids is 1. The van der Waals surface area contributed by atoms with Gasteiger partial charge in [-0.3, -0.25) is 10.1 Å². The van der Waals surface area contributed by atoms with Crippen molar-refractivity contribution < 1.29 is 15.0 Å². The van der Waals surface area contributed by atoms with E-state index in [1.165, 1.54) is 0 Å². The molecule has 0 aromatic heterocycles. The molecule has 1 saturated heterocycles. The Morgan fingerprint density at radius 1 is 1.56 bits per heavy atom. The molecule has 52 valence electrons. The van der Waals surface area contributed by atoms with Gasteiger partial charge in [-0.15, -0.1) is 0 Å². The first-order chi connectivity index (χ1) is 4.20. The molecule has 0 spiro atoms. The SMILES string of the molecule is O=C(O)C1CC[C@H](O)N1. The van der Waals surface area contributed by atoms with E-state index in [9.17, 15) is 4.79 Å². The lowest BCUT2D eigenvalue weighted by Crippen LogP contribution is -2.34. The number of aliphatic hydroxyl groups excluding tert-OH is 1. The minimum absolute atomic E-state index is 0.524. The summed E-state index contributed by atoms with van der Waals surface area (Å²) in [4.78, 5) is 10.2. The standard InChI is InChI=1S/C5H9NO3/c7-4-2-1-3(6-4)5(8)9/h3-4,6-7H,1-2H2,(H,8,9)/t3?,4-/m0/s1. The van der Waals surface area contributed by atoms with Gasteiger partial charge in [0.15, 0.2) is 0 Å². The maximum atomic E-state index is 10.2. The smallest absolute Gasteiger partial charge is 0.320 e. The van der Waals surface area contributed by atoms with Crippen LogP contribution in [0.3, 0.4) is 0 Å². The van der Waals surface area contributed by atoms with Crippen LogP contribution in [-0.4, -0.2) is 28.5 Å². The van der Waals surface area contributed by atoms with Crippen LogP contribution in [0.15, 0.2) is 0 Å². The van der Waals surface area contributed by atoms with Crippen molar-refractivity contribution in [2.24, 2.45) is 0 Å². The highest BCUT2D eigenvalue weighted by Gasteiger charge is 2.26. The van der Waals surface area contributed by atoms with Crippen molar-refractivity contribution in [1.29, 1.82) is 0 Å². The summed E-state index contributed by atoms with van der Waals surface area (Å²) < 4.78 is 0. The molecule has 2 atom stereocenters. The van der Waals surface area contributed by atoms with Crippen molar-refractivity contribution in [1.82, 2.24) is 5.32 Å². The summed E-state index contributed by atoms with van der Waals surface area (Å²) >= 11 is 0. The van der Waals surface area contributed by atoms with Gasteiger partial charge in [0, 0.05) is 0 Å². The summed E-state index contributed by atoms with van der Waals surface area (Å²) in [6.07, 6.45) is 0.444. The van der Waals surface area contributed by atoms with Crippen LogP contribution < -0.4 is 5.32 Å². The largest absolute Gasteiger partial charge is 0.480 e. The Balaban J connectivity index is 2.39. The molecule has 1 aliphatic rings. The van der Waals surface area contributed by atoms with Crippen LogP contribution in [0.2, 0.25) is 0 Å². The monoisotopic (exact) mass is 131 g/mol. The number of nitrogens with one attached hydrogen (secondary N) is 1. The summed E-state index contributed by atoms with van der Waals surface area (Å²) in [5.74, 6) is -0.883. The minimum atomic E-state index is -0.883. The molecule has 0 saturated carbocycles. The molecule has 1 fully saturated rings. The topological polar surface area (TPSA) is 69.6 Å². The Hall–Kier alpha value is -0.610. The van der Waals surface area contributed by atoms with Gasteiger partial charge in [0.05, 0.1) is 0 Å². The number of hydrogen-bond acceptors (Lipinski definition) is 3. The number of carboxylic acid groups (broad SMARTS) is 1. The molecule has 0 aromatic rings. The summed E-state index contributed by atoms with van der Waals surface area (Å²) in [6.45, 7) is 0. The highest BCUT2D eigenvalue weighted by atomic mass is 16.4. The molecule has 4 heteroatoms. The molecule has 0 radical (unpaired) electrons. The second kappa shape index (κ2) is 2.33. The lowest BCUT2D eigenvalue weighted by atomic mass is 10.2. The maximum Gasteiger partial charge on any atom is 0.320 e. The Kier molecular flexibility index (Phi) is 1.68. The van der Waals surface area contributed by atoms with Crippen LogP contribution in [0.5, 0.6) is 0 Å². The maximum absolute atomic E-state index is 10.2. The van der Waals surface area contributed by atoms with Gasteiger partial charge in [-0.1, -0.05) is 0 Å². The molecule has 1 aliphatic heterocycles. The zero-order valence-electron chi connectivity index (χ0n) is 4.87. The van der Waals surface area contributed by atoms with E-state index < -0.39 is 18.2 Å². The van der Waals surface area contributed by atoms with Crippen molar-refractivity contribution in [2.75, 3.05) is 0 Å². The average molecular weight is 131 g/mol. The summed E-state index contributed by atoms with van der Waals surface area (Å²) in [6, 6.07) is -0.542. The third-order valence-electron chi connectivity index (χ3n) is 1.42. The summed E-state index contributed by atoms with van der Waals surface area (Å²) in [5.41, 5.74) is 0. The fraction of sp³-hybridized carbons (Fsp3) is 0.800. The molecule has 9 heavy (non-hydrogen) atoms. The molecule has 0 aromatic carbocycles. The number of hydrogen-bond donors (Lipinski definition) is 3. The fourth-order valence-electron chi connectivity index (χ4n) is 0.918. The lowest BCUT2D eigenvalue weighted by molar-refractivity contribution is -0.139. The predicted molar refractivity (Wildman–Crippen MR) is 29.8 cm³/mol. The van der Waals surface area contributed by atoms with Crippen LogP contribution >= 0.6 is 0 Å². The Bertz CT molecular complexity index is 125. The van der Waals surface area contributed by atoms with Gasteiger partial charge >= 0.3 is 5.97 Å². The van der Waals surface area contributed by atoms with E-state index in [0.29, 0.717) is 12.8 Å². The normalized spacial score (nSPS) is 34.8. The molecule has 0 bridgehead atoms. The third kappa shape index (κ3) is 1.40. The van der Waals surface area contributed by atoms with Gasteiger partial charge in [0.1, 0.15) is 12.3 Å². The first-order valence-electron chi connectivity index (χ1n) is 2.87. The predicted octanol–water partition coefficient (Wildman–Crippen LogP) is -0.859. The van der Waals surface area contributed by atoms with Crippen LogP contribution in [0.25, 0.3) is 0 Å². The van der Waals surface area contributed by atoms with Crippen molar-refractivity contribution in [3.05, 3.63) is 0 Å². The molecular weight excluding hydrogens is 122 g/mol. The van der Waals surface area contributed by atoms with Crippen LogP contribution in [0.4, 0.5) is 0 Å². The third-order valence-corrected chi connectivity index (χ3v) is 1.42. The van der Waals surface area contributed by atoms with E-state index in [1.54, 1.807) is 0 Å². The van der Waals surface area contributed by atoms with Gasteiger partial charge in [0.2, 0.25) is 0 Å². The van der Waals surface area contributed by atoms with E-state index in [2.05, 4.69) is 5.32 Å². The molecule has 1 unspecified atom stereocenters. The Morgan fingerprint density at radius 2 is 2.22 bits per heavy atom. The van der Waals surface area contributed by atoms with Crippen molar-refractivity contribution in [2.45, 2.75) is 25.1 Å². The fourth-order valence-corrected chi connectivity index (χ4v) is 0.918. The van der Waals surface area contributed by atoms with E-state index >= 15 is 0 Å². The highest BCUT2D eigenvalue weighted by Crippen LogP contribution is 2.09. The van der Waals surface area contributed by atoms with Gasteiger partial charge in [-0.05, 0) is 12.8 Å². The van der Waals surface area contributed by atoms with E-state index in [0.717, 1.165) is 0 Å². The Labute approximate surface area is 52.5 Å². The average Bonchev–Trinajstić information content (AvgIpc) is 2.14. The van der Waals surface area contributed by atoms with Crippen molar-refractivity contribution in [3.8, 4) is 0 Å². The molecule has 0 aliphatic carbocycles. The van der Waals surface area contributed by atoms with Gasteiger partial charge in [-0.25, -0.2) is 0 Å². The number of rotatable bonds is 1. The highest BCUT2D eigenvalue weighted by molar-refractivity contribution is 5.73. The first kappa shape index (κ1) is 6.51. The van der Waals surface area contributed by atoms with E-state index in [4.69, 9.17) is 10.2 Å². The van der Waals surface area contributed by atoms with E-state index in [1.807, 2.05) is 0 Å². The minimum Gasteiger partial charge on any atom is -0.480 e. The second-order valence-electron chi connectivity index (χ2n) is 2.15. The molecule has 1 rings (SSSR count). The zero-order chi connectivity index (χ0) is 6.85. The molecule has 4 nitrogen and oxygen atoms in total. The van der Waals surface area contributed by atoms with Gasteiger partial charge < -0.3 is 10.2 Å².